The SMILES string of the molecule is CC(C)(C)c1ccc(C(=O)CCCN2CCC(OC(=O)/C=C/C(=O)OC3CCN(CCCC(=O)c4ccc(C(C)(C)C)cc4)CC3)CC2)cc1. The van der Waals surface area contributed by atoms with Gasteiger partial charge < -0.3 is 19.3 Å². The maximum absolute atomic E-state index is 12.6. The number of ketones is 2. The molecule has 0 unspecified atom stereocenters. The zero-order chi connectivity index (χ0) is 36.3. The van der Waals surface area contributed by atoms with Crippen molar-refractivity contribution < 1.29 is 28.7 Å². The van der Waals surface area contributed by atoms with Crippen molar-refractivity contribution in [1.82, 2.24) is 9.80 Å². The van der Waals surface area contributed by atoms with Crippen LogP contribution in [0.1, 0.15) is 125 Å². The first-order valence-electron chi connectivity index (χ1n) is 18.5. The Balaban J connectivity index is 1.04. The summed E-state index contributed by atoms with van der Waals surface area (Å²) < 4.78 is 11.2. The van der Waals surface area contributed by atoms with Crippen LogP contribution in [0.25, 0.3) is 0 Å². The van der Waals surface area contributed by atoms with E-state index in [4.69, 9.17) is 9.47 Å². The Morgan fingerprint density at radius 2 is 0.900 bits per heavy atom. The van der Waals surface area contributed by atoms with Gasteiger partial charge in [-0.1, -0.05) is 90.1 Å². The van der Waals surface area contributed by atoms with E-state index in [-0.39, 0.29) is 34.6 Å². The van der Waals surface area contributed by atoms with Crippen molar-refractivity contribution >= 4 is 23.5 Å². The number of carbonyl (C=O) groups excluding carboxylic acids is 4. The third-order valence-corrected chi connectivity index (χ3v) is 9.89. The van der Waals surface area contributed by atoms with E-state index in [0.717, 1.165) is 101 Å². The van der Waals surface area contributed by atoms with E-state index in [9.17, 15) is 19.2 Å². The van der Waals surface area contributed by atoms with E-state index in [1.165, 1.54) is 11.1 Å². The number of piperidine rings is 2. The quantitative estimate of drug-likeness (QED) is 0.115. The zero-order valence-corrected chi connectivity index (χ0v) is 31.2. The predicted octanol–water partition coefficient (Wildman–Crippen LogP) is 7.48. The minimum Gasteiger partial charge on any atom is -0.459 e. The molecule has 2 fully saturated rings. The Bertz CT molecular complexity index is 1340. The molecule has 8 nitrogen and oxygen atoms in total. The average Bonchev–Trinajstić information content (AvgIpc) is 3.08. The van der Waals surface area contributed by atoms with Crippen LogP contribution in [-0.4, -0.2) is 84.8 Å². The molecule has 2 heterocycles. The monoisotopic (exact) mass is 686 g/mol. The first-order valence-corrected chi connectivity index (χ1v) is 18.5. The number of benzene rings is 2. The second-order valence-corrected chi connectivity index (χ2v) is 16.0. The lowest BCUT2D eigenvalue weighted by Gasteiger charge is -2.31. The minimum absolute atomic E-state index is 0.0655. The van der Waals surface area contributed by atoms with Crippen LogP contribution in [0.15, 0.2) is 60.7 Å². The van der Waals surface area contributed by atoms with Crippen LogP contribution in [0.4, 0.5) is 0 Å². The molecule has 50 heavy (non-hydrogen) atoms. The van der Waals surface area contributed by atoms with Gasteiger partial charge in [0.15, 0.2) is 11.6 Å². The standard InChI is InChI=1S/C42H58N2O6/c1-41(2,3)33-15-11-31(12-16-33)37(45)9-7-25-43-27-21-35(22-28-43)49-39(47)19-20-40(48)50-36-23-29-44(30-24-36)26-8-10-38(46)32-13-17-34(18-14-32)42(4,5)6/h11-20,35-36H,7-10,21-30H2,1-6H3/b20-19+. The fourth-order valence-electron chi connectivity index (χ4n) is 6.57. The lowest BCUT2D eigenvalue weighted by atomic mass is 9.86. The molecule has 0 spiro atoms. The lowest BCUT2D eigenvalue weighted by molar-refractivity contribution is -0.148. The summed E-state index contributed by atoms with van der Waals surface area (Å²) in [5, 5.41) is 0. The summed E-state index contributed by atoms with van der Waals surface area (Å²) in [6.45, 7) is 17.9. The van der Waals surface area contributed by atoms with Gasteiger partial charge in [0.1, 0.15) is 12.2 Å². The first-order chi connectivity index (χ1) is 23.7. The maximum Gasteiger partial charge on any atom is 0.331 e. The van der Waals surface area contributed by atoms with Crippen molar-refractivity contribution in [3.05, 3.63) is 82.9 Å². The molecule has 2 aliphatic heterocycles. The van der Waals surface area contributed by atoms with Gasteiger partial charge in [0, 0.05) is 62.3 Å². The number of hydrogen-bond acceptors (Lipinski definition) is 8. The fraction of sp³-hybridized carbons (Fsp3) is 0.571. The smallest absolute Gasteiger partial charge is 0.331 e. The van der Waals surface area contributed by atoms with Crippen LogP contribution in [0.5, 0.6) is 0 Å². The van der Waals surface area contributed by atoms with E-state index in [0.29, 0.717) is 12.8 Å². The summed E-state index contributed by atoms with van der Waals surface area (Å²) in [5.74, 6) is -0.719. The van der Waals surface area contributed by atoms with Gasteiger partial charge in [-0.05, 0) is 73.6 Å². The Hall–Kier alpha value is -3.62. The molecular weight excluding hydrogens is 628 g/mol. The Kier molecular flexibility index (Phi) is 14.1. The van der Waals surface area contributed by atoms with Gasteiger partial charge >= 0.3 is 11.9 Å². The molecule has 0 aromatic heterocycles. The highest BCUT2D eigenvalue weighted by Gasteiger charge is 2.24. The second kappa shape index (κ2) is 18.0. The Morgan fingerprint density at radius 1 is 0.580 bits per heavy atom. The molecule has 2 aliphatic rings. The molecule has 2 aromatic rings. The summed E-state index contributed by atoms with van der Waals surface area (Å²) in [5.41, 5.74) is 4.10. The van der Waals surface area contributed by atoms with E-state index in [2.05, 4.69) is 51.3 Å². The van der Waals surface area contributed by atoms with Crippen LogP contribution >= 0.6 is 0 Å². The summed E-state index contributed by atoms with van der Waals surface area (Å²) in [6.07, 6.45) is 7.48. The lowest BCUT2D eigenvalue weighted by Crippen LogP contribution is -2.38. The largest absolute Gasteiger partial charge is 0.459 e. The number of likely N-dealkylation sites (tertiary alicyclic amines) is 2. The van der Waals surface area contributed by atoms with Crippen LogP contribution in [-0.2, 0) is 29.9 Å². The van der Waals surface area contributed by atoms with E-state index >= 15 is 0 Å². The Morgan fingerprint density at radius 3 is 1.20 bits per heavy atom. The van der Waals surface area contributed by atoms with E-state index in [1.54, 1.807) is 0 Å². The highest BCUT2D eigenvalue weighted by Crippen LogP contribution is 2.24. The van der Waals surface area contributed by atoms with Gasteiger partial charge in [0.05, 0.1) is 0 Å². The highest BCUT2D eigenvalue weighted by molar-refractivity contribution is 5.96. The van der Waals surface area contributed by atoms with Crippen molar-refractivity contribution in [3.8, 4) is 0 Å². The third-order valence-electron chi connectivity index (χ3n) is 9.89. The molecule has 4 rings (SSSR count). The van der Waals surface area contributed by atoms with Gasteiger partial charge in [-0.25, -0.2) is 9.59 Å². The normalized spacial score (nSPS) is 17.2. The topological polar surface area (TPSA) is 93.2 Å². The summed E-state index contributed by atoms with van der Waals surface area (Å²) in [6, 6.07) is 15.9. The van der Waals surface area contributed by atoms with Gasteiger partial charge in [0.2, 0.25) is 0 Å². The number of hydrogen-bond donors (Lipinski definition) is 0. The number of rotatable bonds is 14. The van der Waals surface area contributed by atoms with E-state index < -0.39 is 11.9 Å². The third kappa shape index (κ3) is 12.6. The molecule has 0 aliphatic carbocycles. The molecule has 0 atom stereocenters. The molecular formula is C42H58N2O6. The fourth-order valence-corrected chi connectivity index (χ4v) is 6.57. The average molecular weight is 687 g/mol. The summed E-state index contributed by atoms with van der Waals surface area (Å²) in [7, 11) is 0. The molecule has 0 saturated carbocycles. The van der Waals surface area contributed by atoms with Crippen LogP contribution in [0, 0.1) is 0 Å². The number of esters is 2. The number of nitrogens with zero attached hydrogens (tertiary/aromatic N) is 2. The maximum atomic E-state index is 12.6. The number of Topliss-reactive ketones (excluding diaryl/α,β-unsaturated/α-hetero) is 2. The van der Waals surface area contributed by atoms with Crippen molar-refractivity contribution in [1.29, 1.82) is 0 Å². The van der Waals surface area contributed by atoms with Crippen molar-refractivity contribution in [2.24, 2.45) is 0 Å². The van der Waals surface area contributed by atoms with Gasteiger partial charge in [0.25, 0.3) is 0 Å². The Labute approximate surface area is 299 Å². The molecule has 0 bridgehead atoms. The molecule has 0 radical (unpaired) electrons. The van der Waals surface area contributed by atoms with E-state index in [1.807, 2.05) is 48.5 Å². The zero-order valence-electron chi connectivity index (χ0n) is 31.2. The number of carbonyl (C=O) groups is 4. The predicted molar refractivity (Wildman–Crippen MR) is 198 cm³/mol. The van der Waals surface area contributed by atoms with Crippen LogP contribution in [0.3, 0.4) is 0 Å². The van der Waals surface area contributed by atoms with Gasteiger partial charge in [-0.2, -0.15) is 0 Å². The van der Waals surface area contributed by atoms with Crippen LogP contribution < -0.4 is 0 Å². The molecule has 2 saturated heterocycles. The first kappa shape index (κ1) is 39.2. The molecule has 0 N–H and O–H groups in total. The molecule has 2 aromatic carbocycles. The van der Waals surface area contributed by atoms with Crippen LogP contribution in [0.2, 0.25) is 0 Å². The van der Waals surface area contributed by atoms with Crippen molar-refractivity contribution in [2.45, 2.75) is 116 Å². The summed E-state index contributed by atoms with van der Waals surface area (Å²) in [4.78, 5) is 54.7. The van der Waals surface area contributed by atoms with Gasteiger partial charge in [-0.3, -0.25) is 9.59 Å². The minimum atomic E-state index is -0.530. The molecule has 0 amide bonds. The highest BCUT2D eigenvalue weighted by atomic mass is 16.5. The van der Waals surface area contributed by atoms with Gasteiger partial charge in [-0.15, -0.1) is 0 Å². The molecule has 272 valence electrons. The number of ether oxygens (including phenoxy) is 2. The molecule has 8 heteroatoms. The van der Waals surface area contributed by atoms with Crippen molar-refractivity contribution in [2.75, 3.05) is 39.3 Å². The summed E-state index contributed by atoms with van der Waals surface area (Å²) >= 11 is 0. The van der Waals surface area contributed by atoms with Crippen molar-refractivity contribution in [3.63, 3.8) is 0 Å². The second-order valence-electron chi connectivity index (χ2n) is 16.0.